The van der Waals surface area contributed by atoms with Gasteiger partial charge in [0, 0.05) is 23.7 Å². The van der Waals surface area contributed by atoms with E-state index < -0.39 is 17.3 Å². The highest BCUT2D eigenvalue weighted by Crippen LogP contribution is 2.33. The number of hydrogen-bond donors (Lipinski definition) is 2. The predicted octanol–water partition coefficient (Wildman–Crippen LogP) is 3.61. The number of H-pyrrole nitrogens is 1. The van der Waals surface area contributed by atoms with E-state index >= 15 is 0 Å². The molecule has 2 aromatic rings. The van der Waals surface area contributed by atoms with Crippen LogP contribution in [0.15, 0.2) is 29.1 Å². The first kappa shape index (κ1) is 14.4. The molecule has 1 heterocycles. The number of halogens is 3. The van der Waals surface area contributed by atoms with E-state index in [2.05, 4.69) is 10.3 Å². The number of pyridine rings is 1. The average Bonchev–Trinajstić information content (AvgIpc) is 2.33. The second kappa shape index (κ2) is 5.19. The van der Waals surface area contributed by atoms with Gasteiger partial charge in [0.25, 0.3) is 0 Å². The van der Waals surface area contributed by atoms with Crippen LogP contribution in [0.2, 0.25) is 0 Å². The molecule has 0 saturated heterocycles. The van der Waals surface area contributed by atoms with Gasteiger partial charge in [-0.2, -0.15) is 13.2 Å². The molecule has 1 aromatic heterocycles. The fourth-order valence-corrected chi connectivity index (χ4v) is 1.93. The molecule has 0 aliphatic rings. The number of nitrogens with one attached hydrogen (secondary N) is 2. The molecule has 0 radical (unpaired) electrons. The molecular formula is C14H15F3N2O. The Bertz CT molecular complexity index is 674. The molecule has 0 fully saturated rings. The van der Waals surface area contributed by atoms with Gasteiger partial charge < -0.3 is 10.3 Å². The van der Waals surface area contributed by atoms with Crippen LogP contribution in [-0.4, -0.2) is 11.5 Å². The van der Waals surface area contributed by atoms with Gasteiger partial charge in [-0.3, -0.25) is 4.79 Å². The molecule has 20 heavy (non-hydrogen) atoms. The lowest BCUT2D eigenvalue weighted by atomic mass is 10.1. The van der Waals surface area contributed by atoms with Crippen molar-refractivity contribution in [2.45, 2.75) is 20.0 Å². The van der Waals surface area contributed by atoms with E-state index in [9.17, 15) is 18.0 Å². The van der Waals surface area contributed by atoms with E-state index in [1.807, 2.05) is 13.8 Å². The van der Waals surface area contributed by atoms with Gasteiger partial charge in [0.1, 0.15) is 0 Å². The SMILES string of the molecule is CC(C)CNc1ccc2c(C(F)(F)F)cc(=O)[nH]c2c1. The summed E-state index contributed by atoms with van der Waals surface area (Å²) in [5.74, 6) is 0.409. The van der Waals surface area contributed by atoms with Crippen LogP contribution in [0.3, 0.4) is 0 Å². The zero-order valence-electron chi connectivity index (χ0n) is 11.1. The highest BCUT2D eigenvalue weighted by molar-refractivity contribution is 5.85. The summed E-state index contributed by atoms with van der Waals surface area (Å²) in [5, 5.41) is 3.10. The van der Waals surface area contributed by atoms with Crippen molar-refractivity contribution in [1.82, 2.24) is 4.98 Å². The Morgan fingerprint density at radius 3 is 2.55 bits per heavy atom. The van der Waals surface area contributed by atoms with Gasteiger partial charge in [0.2, 0.25) is 5.56 Å². The Morgan fingerprint density at radius 2 is 1.95 bits per heavy atom. The fourth-order valence-electron chi connectivity index (χ4n) is 1.93. The number of alkyl halides is 3. The third-order valence-corrected chi connectivity index (χ3v) is 2.86. The zero-order chi connectivity index (χ0) is 14.9. The summed E-state index contributed by atoms with van der Waals surface area (Å²) >= 11 is 0. The maximum Gasteiger partial charge on any atom is 0.417 e. The Balaban J connectivity index is 2.51. The van der Waals surface area contributed by atoms with Crippen LogP contribution < -0.4 is 10.9 Å². The molecule has 0 spiro atoms. The van der Waals surface area contributed by atoms with E-state index in [-0.39, 0.29) is 10.9 Å². The van der Waals surface area contributed by atoms with Crippen LogP contribution in [0.5, 0.6) is 0 Å². The number of aromatic nitrogens is 1. The number of fused-ring (bicyclic) bond motifs is 1. The van der Waals surface area contributed by atoms with E-state index in [4.69, 9.17) is 0 Å². The largest absolute Gasteiger partial charge is 0.417 e. The third kappa shape index (κ3) is 3.12. The maximum atomic E-state index is 12.9. The number of benzene rings is 1. The van der Waals surface area contributed by atoms with Crippen LogP contribution >= 0.6 is 0 Å². The first-order valence-corrected chi connectivity index (χ1v) is 6.25. The van der Waals surface area contributed by atoms with Crippen LogP contribution in [0.25, 0.3) is 10.9 Å². The molecule has 0 unspecified atom stereocenters. The van der Waals surface area contributed by atoms with Crippen molar-refractivity contribution >= 4 is 16.6 Å². The van der Waals surface area contributed by atoms with Gasteiger partial charge >= 0.3 is 6.18 Å². The number of rotatable bonds is 3. The van der Waals surface area contributed by atoms with Crippen LogP contribution in [0.4, 0.5) is 18.9 Å². The summed E-state index contributed by atoms with van der Waals surface area (Å²) in [4.78, 5) is 13.8. The van der Waals surface area contributed by atoms with Crippen LogP contribution in [0.1, 0.15) is 19.4 Å². The summed E-state index contributed by atoms with van der Waals surface area (Å²) in [7, 11) is 0. The van der Waals surface area contributed by atoms with Gasteiger partial charge in [0.05, 0.1) is 11.1 Å². The Kier molecular flexibility index (Phi) is 3.74. The fraction of sp³-hybridized carbons (Fsp3) is 0.357. The first-order chi connectivity index (χ1) is 9.27. The molecule has 3 nitrogen and oxygen atoms in total. The number of anilines is 1. The Labute approximate surface area is 113 Å². The van der Waals surface area contributed by atoms with Gasteiger partial charge in [-0.1, -0.05) is 19.9 Å². The van der Waals surface area contributed by atoms with Gasteiger partial charge in [-0.05, 0) is 18.1 Å². The summed E-state index contributed by atoms with van der Waals surface area (Å²) < 4.78 is 38.7. The lowest BCUT2D eigenvalue weighted by Gasteiger charge is -2.12. The Hall–Kier alpha value is -1.98. The summed E-state index contributed by atoms with van der Waals surface area (Å²) in [6.07, 6.45) is -4.54. The zero-order valence-corrected chi connectivity index (χ0v) is 11.1. The average molecular weight is 284 g/mol. The van der Waals surface area contributed by atoms with Crippen molar-refractivity contribution in [1.29, 1.82) is 0 Å². The van der Waals surface area contributed by atoms with Crippen LogP contribution in [-0.2, 0) is 6.18 Å². The van der Waals surface area contributed by atoms with Crippen LogP contribution in [0, 0.1) is 5.92 Å². The molecule has 1 aromatic carbocycles. The third-order valence-electron chi connectivity index (χ3n) is 2.86. The molecule has 0 saturated carbocycles. The molecule has 2 N–H and O–H groups in total. The highest BCUT2D eigenvalue weighted by atomic mass is 19.4. The van der Waals surface area contributed by atoms with Crippen molar-refractivity contribution in [2.75, 3.05) is 11.9 Å². The second-order valence-electron chi connectivity index (χ2n) is 5.08. The van der Waals surface area contributed by atoms with Crippen molar-refractivity contribution < 1.29 is 13.2 Å². The summed E-state index contributed by atoms with van der Waals surface area (Å²) in [6, 6.07) is 5.06. The van der Waals surface area contributed by atoms with Gasteiger partial charge in [-0.25, -0.2) is 0 Å². The topological polar surface area (TPSA) is 44.9 Å². The second-order valence-corrected chi connectivity index (χ2v) is 5.08. The monoisotopic (exact) mass is 284 g/mol. The lowest BCUT2D eigenvalue weighted by molar-refractivity contribution is -0.136. The summed E-state index contributed by atoms with van der Waals surface area (Å²) in [5.41, 5.74) is -0.808. The van der Waals surface area contributed by atoms with Crippen molar-refractivity contribution in [3.05, 3.63) is 40.2 Å². The van der Waals surface area contributed by atoms with Gasteiger partial charge in [0.15, 0.2) is 0 Å². The highest BCUT2D eigenvalue weighted by Gasteiger charge is 2.33. The van der Waals surface area contributed by atoms with E-state index in [1.165, 1.54) is 12.1 Å². The summed E-state index contributed by atoms with van der Waals surface area (Å²) in [6.45, 7) is 4.75. The molecule has 6 heteroatoms. The predicted molar refractivity (Wildman–Crippen MR) is 72.9 cm³/mol. The molecule has 0 aliphatic heterocycles. The van der Waals surface area contributed by atoms with Crippen molar-refractivity contribution in [2.24, 2.45) is 5.92 Å². The Morgan fingerprint density at radius 1 is 1.25 bits per heavy atom. The minimum Gasteiger partial charge on any atom is -0.385 e. The lowest BCUT2D eigenvalue weighted by Crippen LogP contribution is -2.14. The van der Waals surface area contributed by atoms with E-state index in [1.54, 1.807) is 6.07 Å². The standard InChI is InChI=1S/C14H15F3N2O/c1-8(2)7-18-9-3-4-10-11(14(15,16)17)6-13(20)19-12(10)5-9/h3-6,8,18H,7H2,1-2H3,(H,19,20). The normalized spacial score (nSPS) is 12.1. The van der Waals surface area contributed by atoms with E-state index in [0.717, 1.165) is 0 Å². The smallest absolute Gasteiger partial charge is 0.385 e. The molecule has 2 rings (SSSR count). The quantitative estimate of drug-likeness (QED) is 0.904. The molecular weight excluding hydrogens is 269 g/mol. The molecule has 0 amide bonds. The molecule has 108 valence electrons. The minimum absolute atomic E-state index is 0.00723. The first-order valence-electron chi connectivity index (χ1n) is 6.25. The molecule has 0 atom stereocenters. The van der Waals surface area contributed by atoms with Crippen molar-refractivity contribution in [3.8, 4) is 0 Å². The number of hydrogen-bond acceptors (Lipinski definition) is 2. The number of aromatic amines is 1. The van der Waals surface area contributed by atoms with Crippen molar-refractivity contribution in [3.63, 3.8) is 0 Å². The molecule has 0 bridgehead atoms. The maximum absolute atomic E-state index is 12.9. The minimum atomic E-state index is -4.54. The van der Waals surface area contributed by atoms with E-state index in [0.29, 0.717) is 24.2 Å². The van der Waals surface area contributed by atoms with Gasteiger partial charge in [-0.15, -0.1) is 0 Å². The molecule has 0 aliphatic carbocycles.